The van der Waals surface area contributed by atoms with E-state index in [1.54, 1.807) is 0 Å². The van der Waals surface area contributed by atoms with E-state index < -0.39 is 0 Å². The minimum atomic E-state index is 0. The van der Waals surface area contributed by atoms with Crippen molar-refractivity contribution in [2.24, 2.45) is 0 Å². The van der Waals surface area contributed by atoms with Crippen LogP contribution in [0.5, 0.6) is 0 Å². The first kappa shape index (κ1) is 107. The summed E-state index contributed by atoms with van der Waals surface area (Å²) in [5, 5.41) is 0. The Labute approximate surface area is 119 Å². The van der Waals surface area contributed by atoms with Crippen LogP contribution in [0.4, 0.5) is 0 Å². The Morgan fingerprint density at radius 2 is 0.375 bits per heavy atom. The molecule has 0 bridgehead atoms. The average molecular weight is 425 g/mol. The second-order valence-electron chi connectivity index (χ2n) is 0. The normalized spacial score (nSPS) is 0. The van der Waals surface area contributed by atoms with Gasteiger partial charge in [0.15, 0.2) is 0 Å². The molecule has 0 radical (unpaired) electrons. The fourth-order valence-electron chi connectivity index (χ4n) is 0. The van der Waals surface area contributed by atoms with Gasteiger partial charge in [0.05, 0.1) is 0 Å². The maximum absolute atomic E-state index is 0. The molecule has 0 rings (SSSR count). The smallest absolute Gasteiger partial charge is 1.00 e. The van der Waals surface area contributed by atoms with Crippen LogP contribution in [0, 0.1) is 36.9 Å². The summed E-state index contributed by atoms with van der Waals surface area (Å²) in [6.07, 6.45) is 0. The third-order valence-electron chi connectivity index (χ3n) is 0. The molecule has 0 saturated carbocycles. The van der Waals surface area contributed by atoms with Gasteiger partial charge < -0.3 is 74.4 Å². The molecule has 0 unspecified atom stereocenters. The van der Waals surface area contributed by atoms with Crippen LogP contribution in [0.2, 0.25) is 0 Å². The topological polar surface area (TPSA) is 0 Å². The molecule has 0 nitrogen and oxygen atoms in total. The van der Waals surface area contributed by atoms with Gasteiger partial charge in [0.1, 0.15) is 0 Å². The molecule has 8 heavy (non-hydrogen) atoms. The van der Waals surface area contributed by atoms with Crippen molar-refractivity contribution in [1.29, 1.82) is 0 Å². The minimum Gasteiger partial charge on any atom is -1.00 e. The van der Waals surface area contributed by atoms with Crippen molar-refractivity contribution in [1.82, 2.24) is 0 Å². The van der Waals surface area contributed by atoms with Gasteiger partial charge in [0, 0.05) is 0 Å². The van der Waals surface area contributed by atoms with Crippen molar-refractivity contribution in [3.05, 3.63) is 0 Å². The van der Waals surface area contributed by atoms with Gasteiger partial charge in [-0.1, -0.05) is 0 Å². The van der Waals surface area contributed by atoms with E-state index in [0.29, 0.717) is 0 Å². The number of hydrogen-bond acceptors (Lipinski definition) is 0. The molecule has 0 aromatic heterocycles. The first-order valence-electron chi connectivity index (χ1n) is 0. The van der Waals surface area contributed by atoms with E-state index in [9.17, 15) is 0 Å². The molecule has 0 heterocycles. The van der Waals surface area contributed by atoms with Crippen molar-refractivity contribution in [2.45, 2.75) is 0 Å². The van der Waals surface area contributed by atoms with Crippen LogP contribution in [0.1, 0.15) is 0 Å². The summed E-state index contributed by atoms with van der Waals surface area (Å²) in [6, 6.07) is 0. The van der Waals surface area contributed by atoms with Gasteiger partial charge in [-0.15, -0.1) is 0 Å². The van der Waals surface area contributed by atoms with Crippen LogP contribution in [0.15, 0.2) is 0 Å². The van der Waals surface area contributed by atoms with E-state index in [0.717, 1.165) is 0 Å². The summed E-state index contributed by atoms with van der Waals surface area (Å²) in [5.41, 5.74) is 0. The van der Waals surface area contributed by atoms with Gasteiger partial charge in [-0.25, -0.2) is 0 Å². The minimum absolute atomic E-state index is 0. The zero-order chi connectivity index (χ0) is 0. The molecule has 0 aliphatic heterocycles. The summed E-state index contributed by atoms with van der Waals surface area (Å²) in [7, 11) is 0. The van der Waals surface area contributed by atoms with Gasteiger partial charge in [0.2, 0.25) is 0 Å². The molecule has 0 fully saturated rings. The molecule has 8 heteroatoms. The van der Waals surface area contributed by atoms with Crippen molar-refractivity contribution in [3.8, 4) is 0 Å². The monoisotopic (exact) mass is 422 g/mol. The van der Waals surface area contributed by atoms with Crippen molar-refractivity contribution in [3.63, 3.8) is 0 Å². The van der Waals surface area contributed by atoms with E-state index >= 15 is 0 Å². The van der Waals surface area contributed by atoms with E-state index in [4.69, 9.17) is 0 Å². The molecule has 68 valence electrons. The van der Waals surface area contributed by atoms with Gasteiger partial charge in [0.25, 0.3) is 0 Å². The van der Waals surface area contributed by atoms with E-state index in [1.165, 1.54) is 0 Å². The Morgan fingerprint density at radius 3 is 0.375 bits per heavy atom. The standard InChI is InChI=1S/6ClH.Lu.H6P/h6*1H;;1H6/q;;;;;;2*+3/p-6. The molecule has 0 atom stereocenters. The first-order chi connectivity index (χ1) is 0. The maximum atomic E-state index is 0. The molecule has 0 saturated heterocycles. The van der Waals surface area contributed by atoms with Gasteiger partial charge in [-0.2, -0.15) is 0 Å². The Kier molecular flexibility index (Phi) is 1060. The Bertz CT molecular complexity index is 8.49. The van der Waals surface area contributed by atoms with Crippen LogP contribution in [0.3, 0.4) is 0 Å². The Morgan fingerprint density at radius 1 is 0.375 bits per heavy atom. The van der Waals surface area contributed by atoms with Crippen LogP contribution < -0.4 is 74.4 Å². The second kappa shape index (κ2) is 79.4. The largest absolute Gasteiger partial charge is 3.00 e. The van der Waals surface area contributed by atoms with Crippen molar-refractivity contribution < 1.29 is 111 Å². The second-order valence-corrected chi connectivity index (χ2v) is 0. The molecule has 0 aliphatic rings. The van der Waals surface area contributed by atoms with E-state index in [2.05, 4.69) is 0 Å². The third kappa shape index (κ3) is 57.3. The van der Waals surface area contributed by atoms with Crippen molar-refractivity contribution in [2.75, 3.05) is 0 Å². The molecular formula is H6Cl6LuP. The van der Waals surface area contributed by atoms with E-state index in [1.807, 2.05) is 0 Å². The molecule has 0 amide bonds. The fourth-order valence-corrected chi connectivity index (χ4v) is 0. The summed E-state index contributed by atoms with van der Waals surface area (Å²) in [6.45, 7) is 0. The van der Waals surface area contributed by atoms with Crippen LogP contribution >= 0.6 is 9.90 Å². The van der Waals surface area contributed by atoms with Crippen LogP contribution in [0.25, 0.3) is 0 Å². The van der Waals surface area contributed by atoms with Gasteiger partial charge >= 0.3 is 36.9 Å². The first-order valence-corrected chi connectivity index (χ1v) is 0. The molecule has 0 aromatic rings. The Hall–Kier alpha value is 3.40. The zero-order valence-corrected chi connectivity index (χ0v) is 8.72. The summed E-state index contributed by atoms with van der Waals surface area (Å²) in [4.78, 5) is 0. The molecule has 0 aromatic carbocycles. The summed E-state index contributed by atoms with van der Waals surface area (Å²) in [5.74, 6) is 0. The predicted octanol–water partition coefficient (Wildman–Crippen LogP) is -18.7. The Balaban J connectivity index is 0. The van der Waals surface area contributed by atoms with Gasteiger partial charge in [-0.05, 0) is 0 Å². The SMILES string of the molecule is [Cl-].[Cl-].[Cl-].[Cl-].[Cl-].[Cl-].[Lu+3].[PH6+3]. The number of hydrogen-bond donors (Lipinski definition) is 0. The predicted molar refractivity (Wildman–Crippen MR) is 15.3 cm³/mol. The fraction of sp³-hybridized carbons (Fsp3) is 0. The van der Waals surface area contributed by atoms with Crippen molar-refractivity contribution >= 4 is 9.90 Å². The van der Waals surface area contributed by atoms with E-state index in [-0.39, 0.29) is 121 Å². The maximum Gasteiger partial charge on any atom is 3.00 e. The summed E-state index contributed by atoms with van der Waals surface area (Å²) < 4.78 is 0. The summed E-state index contributed by atoms with van der Waals surface area (Å²) >= 11 is 0. The van der Waals surface area contributed by atoms with Crippen LogP contribution in [-0.4, -0.2) is 0 Å². The van der Waals surface area contributed by atoms with Crippen LogP contribution in [-0.2, 0) is 0 Å². The third-order valence-corrected chi connectivity index (χ3v) is 0. The molecule has 0 spiro atoms. The number of halogens is 6. The molecular weight excluding hydrogens is 419 g/mol. The number of rotatable bonds is 0. The quantitative estimate of drug-likeness (QED) is 0.339. The molecule has 0 N–H and O–H groups in total. The average Bonchev–Trinajstić information content (AvgIpc) is 0. The van der Waals surface area contributed by atoms with Gasteiger partial charge in [-0.3, -0.25) is 9.90 Å². The molecule has 0 aliphatic carbocycles. The zero-order valence-electron chi connectivity index (χ0n) is 2.53.